The van der Waals surface area contributed by atoms with Crippen LogP contribution in [0, 0.1) is 6.92 Å². The minimum atomic E-state index is -0.333. The van der Waals surface area contributed by atoms with Gasteiger partial charge >= 0.3 is 0 Å². The first-order valence-electron chi connectivity index (χ1n) is 7.64. The Bertz CT molecular complexity index is 965. The van der Waals surface area contributed by atoms with Crippen molar-refractivity contribution in [2.24, 2.45) is 0 Å². The van der Waals surface area contributed by atoms with E-state index in [9.17, 15) is 9.59 Å². The van der Waals surface area contributed by atoms with Crippen LogP contribution in [-0.4, -0.2) is 26.8 Å². The zero-order valence-corrected chi connectivity index (χ0v) is 15.3. The van der Waals surface area contributed by atoms with Crippen molar-refractivity contribution in [3.05, 3.63) is 56.5 Å². The Morgan fingerprint density at radius 1 is 1.28 bits per heavy atom. The number of para-hydroxylation sites is 1. The monoisotopic (exact) mass is 372 g/mol. The third kappa shape index (κ3) is 3.80. The molecule has 0 radical (unpaired) electrons. The topological polar surface area (TPSA) is 87.7 Å². The van der Waals surface area contributed by atoms with Gasteiger partial charge in [-0.05, 0) is 35.8 Å². The van der Waals surface area contributed by atoms with Gasteiger partial charge in [-0.3, -0.25) is 14.6 Å². The van der Waals surface area contributed by atoms with E-state index in [1.807, 2.05) is 25.3 Å². The molecule has 0 fully saturated rings. The molecule has 8 heteroatoms. The third-order valence-corrected chi connectivity index (χ3v) is 5.22. The SMILES string of the molecule is CCSc1nnc(-c2ccccc2NC(=O)c2sccc2C)c(=O)[nH]1. The van der Waals surface area contributed by atoms with Gasteiger partial charge < -0.3 is 5.32 Å². The zero-order valence-electron chi connectivity index (χ0n) is 13.7. The predicted molar refractivity (Wildman–Crippen MR) is 101 cm³/mol. The molecule has 0 atom stereocenters. The Morgan fingerprint density at radius 3 is 2.76 bits per heavy atom. The second kappa shape index (κ2) is 7.62. The largest absolute Gasteiger partial charge is 0.321 e. The van der Waals surface area contributed by atoms with Crippen LogP contribution in [0.1, 0.15) is 22.2 Å². The minimum absolute atomic E-state index is 0.180. The summed E-state index contributed by atoms with van der Waals surface area (Å²) in [4.78, 5) is 28.2. The van der Waals surface area contributed by atoms with E-state index in [2.05, 4.69) is 20.5 Å². The number of hydrogen-bond acceptors (Lipinski definition) is 6. The average Bonchev–Trinajstić information content (AvgIpc) is 3.02. The number of hydrogen-bond donors (Lipinski definition) is 2. The van der Waals surface area contributed by atoms with Crippen LogP contribution in [0.15, 0.2) is 45.7 Å². The van der Waals surface area contributed by atoms with Crippen molar-refractivity contribution in [3.63, 3.8) is 0 Å². The molecular formula is C17H16N4O2S2. The predicted octanol–water partition coefficient (Wildman–Crippen LogP) is 3.57. The molecule has 0 spiro atoms. The number of thiophene rings is 1. The summed E-state index contributed by atoms with van der Waals surface area (Å²) in [6.45, 7) is 3.85. The number of aromatic nitrogens is 3. The fraction of sp³-hybridized carbons (Fsp3) is 0.176. The van der Waals surface area contributed by atoms with Crippen LogP contribution in [0.5, 0.6) is 0 Å². The summed E-state index contributed by atoms with van der Waals surface area (Å²) >= 11 is 2.79. The first kappa shape index (κ1) is 17.4. The molecule has 2 aromatic heterocycles. The van der Waals surface area contributed by atoms with Crippen LogP contribution in [0.3, 0.4) is 0 Å². The highest BCUT2D eigenvalue weighted by molar-refractivity contribution is 7.99. The van der Waals surface area contributed by atoms with Crippen molar-refractivity contribution in [1.29, 1.82) is 0 Å². The molecule has 1 aromatic carbocycles. The highest BCUT2D eigenvalue weighted by Crippen LogP contribution is 2.25. The van der Waals surface area contributed by atoms with Gasteiger partial charge in [-0.2, -0.15) is 0 Å². The number of thioether (sulfide) groups is 1. The summed E-state index contributed by atoms with van der Waals surface area (Å²) in [5.74, 6) is 0.582. The van der Waals surface area contributed by atoms with E-state index < -0.39 is 0 Å². The van der Waals surface area contributed by atoms with E-state index in [4.69, 9.17) is 0 Å². The van der Waals surface area contributed by atoms with Crippen LogP contribution in [-0.2, 0) is 0 Å². The number of carbonyl (C=O) groups is 1. The smallest absolute Gasteiger partial charge is 0.278 e. The van der Waals surface area contributed by atoms with Gasteiger partial charge in [-0.15, -0.1) is 21.5 Å². The van der Waals surface area contributed by atoms with Crippen LogP contribution >= 0.6 is 23.1 Å². The molecule has 2 N–H and O–H groups in total. The van der Waals surface area contributed by atoms with Crippen LogP contribution in [0.2, 0.25) is 0 Å². The number of carbonyl (C=O) groups excluding carboxylic acids is 1. The first-order chi connectivity index (χ1) is 12.1. The standard InChI is InChI=1S/C17H16N4O2S2/c1-3-24-17-19-15(22)13(20-21-17)11-6-4-5-7-12(11)18-16(23)14-10(2)8-9-25-14/h4-9H,3H2,1-2H3,(H,18,23)(H,19,21,22). The van der Waals surface area contributed by atoms with Gasteiger partial charge in [0.2, 0.25) is 0 Å². The van der Waals surface area contributed by atoms with Crippen molar-refractivity contribution in [2.75, 3.05) is 11.1 Å². The summed E-state index contributed by atoms with van der Waals surface area (Å²) in [5.41, 5.74) is 1.82. The van der Waals surface area contributed by atoms with Gasteiger partial charge in [0, 0.05) is 5.56 Å². The highest BCUT2D eigenvalue weighted by Gasteiger charge is 2.16. The Hall–Kier alpha value is -2.45. The molecule has 25 heavy (non-hydrogen) atoms. The van der Waals surface area contributed by atoms with Gasteiger partial charge in [0.25, 0.3) is 11.5 Å². The third-order valence-electron chi connectivity index (χ3n) is 3.46. The Balaban J connectivity index is 1.95. The summed E-state index contributed by atoms with van der Waals surface area (Å²) in [6, 6.07) is 8.96. The van der Waals surface area contributed by atoms with E-state index in [0.29, 0.717) is 21.3 Å². The molecule has 3 aromatic rings. The number of aryl methyl sites for hydroxylation is 1. The number of aromatic amines is 1. The number of amides is 1. The quantitative estimate of drug-likeness (QED) is 0.669. The van der Waals surface area contributed by atoms with Gasteiger partial charge in [-0.1, -0.05) is 36.9 Å². The first-order valence-corrected chi connectivity index (χ1v) is 9.51. The fourth-order valence-electron chi connectivity index (χ4n) is 2.28. The zero-order chi connectivity index (χ0) is 17.8. The van der Waals surface area contributed by atoms with E-state index in [0.717, 1.165) is 11.3 Å². The fourth-order valence-corrected chi connectivity index (χ4v) is 3.64. The molecule has 0 saturated heterocycles. The van der Waals surface area contributed by atoms with Gasteiger partial charge in [0.15, 0.2) is 10.9 Å². The molecule has 0 saturated carbocycles. The highest BCUT2D eigenvalue weighted by atomic mass is 32.2. The van der Waals surface area contributed by atoms with Crippen molar-refractivity contribution in [2.45, 2.75) is 19.0 Å². The summed E-state index contributed by atoms with van der Waals surface area (Å²) in [7, 11) is 0. The van der Waals surface area contributed by atoms with Crippen LogP contribution < -0.4 is 10.9 Å². The Labute approximate surface area is 152 Å². The molecule has 6 nitrogen and oxygen atoms in total. The van der Waals surface area contributed by atoms with Gasteiger partial charge in [0.05, 0.1) is 10.6 Å². The van der Waals surface area contributed by atoms with Gasteiger partial charge in [-0.25, -0.2) is 0 Å². The van der Waals surface area contributed by atoms with Crippen molar-refractivity contribution in [1.82, 2.24) is 15.2 Å². The molecule has 0 aliphatic heterocycles. The number of nitrogens with one attached hydrogen (secondary N) is 2. The molecule has 2 heterocycles. The van der Waals surface area contributed by atoms with Crippen molar-refractivity contribution in [3.8, 4) is 11.3 Å². The van der Waals surface area contributed by atoms with E-state index in [1.165, 1.54) is 23.1 Å². The summed E-state index contributed by atoms with van der Waals surface area (Å²) < 4.78 is 0. The van der Waals surface area contributed by atoms with E-state index in [1.54, 1.807) is 24.3 Å². The number of nitrogens with zero attached hydrogens (tertiary/aromatic N) is 2. The lowest BCUT2D eigenvalue weighted by atomic mass is 10.1. The lowest BCUT2D eigenvalue weighted by Gasteiger charge is -2.10. The molecule has 128 valence electrons. The lowest BCUT2D eigenvalue weighted by molar-refractivity contribution is 0.103. The number of rotatable bonds is 5. The number of H-pyrrole nitrogens is 1. The maximum absolute atomic E-state index is 12.5. The number of benzene rings is 1. The molecule has 3 rings (SSSR count). The Morgan fingerprint density at radius 2 is 2.08 bits per heavy atom. The van der Waals surface area contributed by atoms with E-state index in [-0.39, 0.29) is 17.2 Å². The second-order valence-corrected chi connectivity index (χ2v) is 7.34. The second-order valence-electron chi connectivity index (χ2n) is 5.17. The maximum atomic E-state index is 12.5. The molecule has 1 amide bonds. The number of anilines is 1. The molecular weight excluding hydrogens is 356 g/mol. The van der Waals surface area contributed by atoms with Crippen LogP contribution in [0.4, 0.5) is 5.69 Å². The van der Waals surface area contributed by atoms with Crippen molar-refractivity contribution < 1.29 is 4.79 Å². The minimum Gasteiger partial charge on any atom is -0.321 e. The molecule has 0 aliphatic rings. The summed E-state index contributed by atoms with van der Waals surface area (Å²) in [5, 5.41) is 13.3. The van der Waals surface area contributed by atoms with Crippen molar-refractivity contribution >= 4 is 34.7 Å². The summed E-state index contributed by atoms with van der Waals surface area (Å²) in [6.07, 6.45) is 0. The van der Waals surface area contributed by atoms with Gasteiger partial charge in [0.1, 0.15) is 0 Å². The Kier molecular flexibility index (Phi) is 5.30. The molecule has 0 aliphatic carbocycles. The van der Waals surface area contributed by atoms with Crippen LogP contribution in [0.25, 0.3) is 11.3 Å². The molecule has 0 unspecified atom stereocenters. The average molecular weight is 372 g/mol. The normalized spacial score (nSPS) is 10.6. The lowest BCUT2D eigenvalue weighted by Crippen LogP contribution is -2.17. The van der Waals surface area contributed by atoms with E-state index >= 15 is 0 Å². The molecule has 0 bridgehead atoms. The maximum Gasteiger partial charge on any atom is 0.278 e.